The molecule has 4 aromatic carbocycles. The SMILES string of the molecule is COc1cc(OC)cc(-c2cccc3c2C=C2[CH]3[Hf]([CH3])([CH3])[CH]3C(=Cc4c(-c5cc(OC)cc(OC)c5)cccc43)C2(C)C)c1. The number of hydrogen-bond donors (Lipinski definition) is 0. The van der Waals surface area contributed by atoms with Crippen molar-refractivity contribution in [1.29, 1.82) is 0 Å². The molecule has 0 bridgehead atoms. The van der Waals surface area contributed by atoms with Crippen LogP contribution in [0.25, 0.3) is 34.4 Å². The summed E-state index contributed by atoms with van der Waals surface area (Å²) in [6.45, 7) is 4.90. The first kappa shape index (κ1) is 29.2. The summed E-state index contributed by atoms with van der Waals surface area (Å²) in [4.78, 5) is 0. The van der Waals surface area contributed by atoms with Crippen LogP contribution >= 0.6 is 0 Å². The molecule has 1 aliphatic heterocycles. The van der Waals surface area contributed by atoms with Crippen molar-refractivity contribution in [1.82, 2.24) is 0 Å². The van der Waals surface area contributed by atoms with Gasteiger partial charge >= 0.3 is 267 Å². The molecule has 2 atom stereocenters. The van der Waals surface area contributed by atoms with Crippen LogP contribution in [-0.2, 0) is 20.0 Å². The summed E-state index contributed by atoms with van der Waals surface area (Å²) in [6, 6.07) is 26.2. The van der Waals surface area contributed by atoms with Crippen LogP contribution in [0.2, 0.25) is 9.36 Å². The van der Waals surface area contributed by atoms with Crippen molar-refractivity contribution < 1.29 is 38.9 Å². The fourth-order valence-corrected chi connectivity index (χ4v) is 26.0. The Morgan fingerprint density at radius 1 is 0.545 bits per heavy atom. The standard InChI is InChI=1S/C37H34O4.2CH3.Hf/c1-37(2,27-13-23-9-7-11-33(35(23)19-27)25-15-29(38-3)21-30(16-25)39-4)28-14-24-10-8-12-34(36(24)20-28)26-17-31(40-5)22-32(18-26)41-6;;;/h7-22H,1-6H3;2*1H3;. The van der Waals surface area contributed by atoms with Gasteiger partial charge in [0.25, 0.3) is 0 Å². The molecule has 0 amide bonds. The van der Waals surface area contributed by atoms with E-state index in [-0.39, 0.29) is 5.41 Å². The molecule has 1 fully saturated rings. The molecule has 0 saturated carbocycles. The van der Waals surface area contributed by atoms with E-state index < -0.39 is 20.0 Å². The van der Waals surface area contributed by atoms with Crippen LogP contribution in [0.3, 0.4) is 0 Å². The summed E-state index contributed by atoms with van der Waals surface area (Å²) in [5, 5.41) is 0. The molecule has 5 heteroatoms. The molecule has 0 N–H and O–H groups in total. The van der Waals surface area contributed by atoms with Gasteiger partial charge in [-0.2, -0.15) is 0 Å². The average molecular weight is 751 g/mol. The van der Waals surface area contributed by atoms with Gasteiger partial charge in [0.05, 0.1) is 0 Å². The van der Waals surface area contributed by atoms with Crippen molar-refractivity contribution in [2.45, 2.75) is 30.6 Å². The van der Waals surface area contributed by atoms with Crippen molar-refractivity contribution in [2.75, 3.05) is 28.4 Å². The molecule has 4 nitrogen and oxygen atoms in total. The second-order valence-corrected chi connectivity index (χ2v) is 30.6. The molecule has 1 saturated heterocycles. The van der Waals surface area contributed by atoms with E-state index >= 15 is 0 Å². The third-order valence-corrected chi connectivity index (χ3v) is 25.5. The monoisotopic (exact) mass is 752 g/mol. The quantitative estimate of drug-likeness (QED) is 0.184. The summed E-state index contributed by atoms with van der Waals surface area (Å²) < 4.78 is 29.0. The van der Waals surface area contributed by atoms with E-state index in [2.05, 4.69) is 96.0 Å². The molecule has 2 unspecified atom stereocenters. The Labute approximate surface area is 265 Å². The van der Waals surface area contributed by atoms with Gasteiger partial charge in [0.2, 0.25) is 0 Å². The molecule has 3 aliphatic rings. The number of ether oxygens (including phenoxy) is 4. The number of hydrogen-bond acceptors (Lipinski definition) is 4. The summed E-state index contributed by atoms with van der Waals surface area (Å²) in [5.74, 6) is 3.23. The van der Waals surface area contributed by atoms with Crippen LogP contribution in [0.1, 0.15) is 43.5 Å². The third kappa shape index (κ3) is 4.26. The molecule has 44 heavy (non-hydrogen) atoms. The topological polar surface area (TPSA) is 36.9 Å². The molecule has 0 aromatic heterocycles. The van der Waals surface area contributed by atoms with Gasteiger partial charge in [-0.1, -0.05) is 0 Å². The summed E-state index contributed by atoms with van der Waals surface area (Å²) in [6.07, 6.45) is 5.08. The van der Waals surface area contributed by atoms with Gasteiger partial charge in [0.15, 0.2) is 0 Å². The van der Waals surface area contributed by atoms with Crippen molar-refractivity contribution >= 4 is 12.2 Å². The van der Waals surface area contributed by atoms with Gasteiger partial charge in [-0.25, -0.2) is 0 Å². The van der Waals surface area contributed by atoms with Crippen LogP contribution in [0, 0.1) is 5.41 Å². The summed E-state index contributed by atoms with van der Waals surface area (Å²) in [7, 11) is 6.85. The first-order valence-electron chi connectivity index (χ1n) is 15.3. The molecule has 0 radical (unpaired) electrons. The van der Waals surface area contributed by atoms with E-state index in [4.69, 9.17) is 18.9 Å². The molecule has 0 spiro atoms. The van der Waals surface area contributed by atoms with Crippen LogP contribution < -0.4 is 18.9 Å². The Morgan fingerprint density at radius 3 is 1.25 bits per heavy atom. The van der Waals surface area contributed by atoms with E-state index in [1.165, 1.54) is 33.4 Å². The van der Waals surface area contributed by atoms with Gasteiger partial charge in [-0.15, -0.1) is 0 Å². The van der Waals surface area contributed by atoms with Gasteiger partial charge in [0, 0.05) is 0 Å². The average Bonchev–Trinajstić information content (AvgIpc) is 3.65. The number of benzene rings is 4. The molecule has 7 rings (SSSR count). The van der Waals surface area contributed by atoms with E-state index in [1.54, 1.807) is 39.6 Å². The number of methoxy groups -OCH3 is 4. The van der Waals surface area contributed by atoms with Crippen LogP contribution in [0.5, 0.6) is 23.0 Å². The fraction of sp³-hybridized carbons (Fsp3) is 0.282. The summed E-state index contributed by atoms with van der Waals surface area (Å²) in [5.41, 5.74) is 13.6. The van der Waals surface area contributed by atoms with E-state index in [1.807, 2.05) is 12.1 Å². The zero-order chi connectivity index (χ0) is 31.0. The maximum atomic E-state index is 5.64. The molecule has 4 aromatic rings. The van der Waals surface area contributed by atoms with Crippen LogP contribution in [-0.4, -0.2) is 28.4 Å². The minimum atomic E-state index is -3.16. The third-order valence-electron chi connectivity index (χ3n) is 10.4. The van der Waals surface area contributed by atoms with Gasteiger partial charge in [0.1, 0.15) is 0 Å². The minimum absolute atomic E-state index is 0.0738. The first-order chi connectivity index (χ1) is 21.1. The predicted molar refractivity (Wildman–Crippen MR) is 177 cm³/mol. The molecule has 224 valence electrons. The Hall–Kier alpha value is -3.57. The van der Waals surface area contributed by atoms with Crippen LogP contribution in [0.4, 0.5) is 0 Å². The van der Waals surface area contributed by atoms with E-state index in [9.17, 15) is 0 Å². The normalized spacial score (nSPS) is 20.0. The Morgan fingerprint density at radius 2 is 0.909 bits per heavy atom. The molecular weight excluding hydrogens is 711 g/mol. The van der Waals surface area contributed by atoms with E-state index in [0.717, 1.165) is 34.1 Å². The summed E-state index contributed by atoms with van der Waals surface area (Å²) >= 11 is -3.16. The number of allylic oxidation sites excluding steroid dienone is 2. The maximum absolute atomic E-state index is 5.64. The molecule has 2 aliphatic carbocycles. The second kappa shape index (κ2) is 10.5. The second-order valence-electron chi connectivity index (χ2n) is 13.3. The number of fused-ring (bicyclic) bond motifs is 6. The van der Waals surface area contributed by atoms with Crippen molar-refractivity contribution in [2.24, 2.45) is 5.41 Å². The fourth-order valence-electron chi connectivity index (χ4n) is 8.25. The molecular formula is C39H40HfO4. The van der Waals surface area contributed by atoms with Gasteiger partial charge in [-0.05, 0) is 0 Å². The Balaban J connectivity index is 1.40. The predicted octanol–water partition coefficient (Wildman–Crippen LogP) is 9.92. The zero-order valence-corrected chi connectivity index (χ0v) is 30.5. The first-order valence-corrected chi connectivity index (χ1v) is 26.6. The zero-order valence-electron chi connectivity index (χ0n) is 26.9. The van der Waals surface area contributed by atoms with Crippen molar-refractivity contribution in [3.05, 3.63) is 106 Å². The Kier molecular flexibility index (Phi) is 6.97. The number of rotatable bonds is 6. The van der Waals surface area contributed by atoms with Gasteiger partial charge in [-0.3, -0.25) is 0 Å². The molecule has 1 heterocycles. The van der Waals surface area contributed by atoms with Gasteiger partial charge < -0.3 is 0 Å². The van der Waals surface area contributed by atoms with E-state index in [0.29, 0.717) is 7.35 Å². The van der Waals surface area contributed by atoms with Crippen molar-refractivity contribution in [3.8, 4) is 45.3 Å². The van der Waals surface area contributed by atoms with Crippen molar-refractivity contribution in [3.63, 3.8) is 0 Å². The Bertz CT molecular complexity index is 1700. The van der Waals surface area contributed by atoms with Crippen LogP contribution in [0.15, 0.2) is 83.9 Å².